The van der Waals surface area contributed by atoms with Crippen molar-refractivity contribution in [1.29, 1.82) is 0 Å². The maximum Gasteiger partial charge on any atom is 0.341 e. The van der Waals surface area contributed by atoms with Crippen molar-refractivity contribution in [3.8, 4) is 0 Å². The number of hydrogen-bond acceptors (Lipinski definition) is 1. The van der Waals surface area contributed by atoms with E-state index in [9.17, 15) is 0 Å². The summed E-state index contributed by atoms with van der Waals surface area (Å²) in [4.78, 5) is 0. The van der Waals surface area contributed by atoms with Crippen molar-refractivity contribution >= 4 is 39.2 Å². The Bertz CT molecular complexity index is 345. The van der Waals surface area contributed by atoms with Crippen LogP contribution in [-0.2, 0) is 4.74 Å². The third-order valence-corrected chi connectivity index (χ3v) is 7.72. The molecule has 0 rings (SSSR count). The summed E-state index contributed by atoms with van der Waals surface area (Å²) >= 11 is 17.7. The second kappa shape index (κ2) is 21.0. The van der Waals surface area contributed by atoms with Gasteiger partial charge in [0.15, 0.2) is 0 Å². The first kappa shape index (κ1) is 28.8. The number of rotatable bonds is 22. The Morgan fingerprint density at radius 3 is 1.25 bits per heavy atom. The lowest BCUT2D eigenvalue weighted by atomic mass is 10.0. The van der Waals surface area contributed by atoms with Crippen LogP contribution in [0.1, 0.15) is 116 Å². The van der Waals surface area contributed by atoms with Gasteiger partial charge < -0.3 is 4.74 Å². The van der Waals surface area contributed by atoms with E-state index in [-0.39, 0.29) is 0 Å². The molecule has 0 aliphatic carbocycles. The van der Waals surface area contributed by atoms with Gasteiger partial charge in [0.25, 0.3) is 0 Å². The highest BCUT2D eigenvalue weighted by Gasteiger charge is 2.23. The molecule has 28 heavy (non-hydrogen) atoms. The molecule has 5 heteroatoms. The molecular formula is C23H45Cl3OSi. The SMILES string of the molecule is C=C(C)COCCCCCCCCCCCCCCCCCCC[Si](Cl)(Cl)Cl. The molecule has 0 spiro atoms. The molecule has 0 heterocycles. The summed E-state index contributed by atoms with van der Waals surface area (Å²) in [6, 6.07) is -1.54. The highest BCUT2D eigenvalue weighted by molar-refractivity contribution is 7.64. The Morgan fingerprint density at radius 1 is 0.607 bits per heavy atom. The zero-order valence-electron chi connectivity index (χ0n) is 18.4. The van der Waals surface area contributed by atoms with E-state index < -0.39 is 6.00 Å². The van der Waals surface area contributed by atoms with Crippen molar-refractivity contribution in [2.45, 2.75) is 122 Å². The van der Waals surface area contributed by atoms with Crippen molar-refractivity contribution in [2.75, 3.05) is 13.2 Å². The number of unbranched alkanes of at least 4 members (excludes halogenated alkanes) is 16. The summed E-state index contributed by atoms with van der Waals surface area (Å²) in [6.07, 6.45) is 22.9. The van der Waals surface area contributed by atoms with E-state index in [0.717, 1.165) is 31.3 Å². The number of hydrogen-bond donors (Lipinski definition) is 0. The minimum Gasteiger partial charge on any atom is -0.377 e. The zero-order valence-corrected chi connectivity index (χ0v) is 21.7. The van der Waals surface area contributed by atoms with Crippen molar-refractivity contribution in [3.63, 3.8) is 0 Å². The molecule has 0 saturated carbocycles. The van der Waals surface area contributed by atoms with Gasteiger partial charge in [0.2, 0.25) is 0 Å². The van der Waals surface area contributed by atoms with E-state index in [2.05, 4.69) is 6.58 Å². The monoisotopic (exact) mass is 470 g/mol. The van der Waals surface area contributed by atoms with Crippen LogP contribution in [0.2, 0.25) is 6.04 Å². The van der Waals surface area contributed by atoms with Crippen LogP contribution in [0.15, 0.2) is 12.2 Å². The van der Waals surface area contributed by atoms with Crippen LogP contribution in [0.4, 0.5) is 0 Å². The Labute approximate surface area is 191 Å². The van der Waals surface area contributed by atoms with E-state index in [1.807, 2.05) is 6.92 Å². The van der Waals surface area contributed by atoms with Crippen molar-refractivity contribution in [1.82, 2.24) is 0 Å². The summed E-state index contributed by atoms with van der Waals surface area (Å²) in [6.45, 7) is 7.48. The van der Waals surface area contributed by atoms with Crippen LogP contribution in [0, 0.1) is 0 Å². The van der Waals surface area contributed by atoms with Gasteiger partial charge in [-0.1, -0.05) is 115 Å². The van der Waals surface area contributed by atoms with Crippen LogP contribution in [0.3, 0.4) is 0 Å². The fourth-order valence-electron chi connectivity index (χ4n) is 3.43. The third-order valence-electron chi connectivity index (χ3n) is 5.10. The Morgan fingerprint density at radius 2 is 0.929 bits per heavy atom. The molecule has 0 fully saturated rings. The second-order valence-corrected chi connectivity index (χ2v) is 17.7. The smallest absolute Gasteiger partial charge is 0.341 e. The number of halogens is 3. The van der Waals surface area contributed by atoms with Crippen LogP contribution in [-0.4, -0.2) is 19.2 Å². The Hall–Kier alpha value is 0.787. The molecule has 0 radical (unpaired) electrons. The third kappa shape index (κ3) is 26.8. The minimum atomic E-state index is -2.36. The van der Waals surface area contributed by atoms with Crippen molar-refractivity contribution < 1.29 is 4.74 Å². The molecule has 0 bridgehead atoms. The first-order chi connectivity index (χ1) is 13.4. The summed E-state index contributed by atoms with van der Waals surface area (Å²) in [7, 11) is 0. The highest BCUT2D eigenvalue weighted by Crippen LogP contribution is 2.27. The van der Waals surface area contributed by atoms with Gasteiger partial charge in [0.05, 0.1) is 6.61 Å². The Balaban J connectivity index is 3.04. The average molecular weight is 472 g/mol. The highest BCUT2D eigenvalue weighted by atomic mass is 35.8. The lowest BCUT2D eigenvalue weighted by Crippen LogP contribution is -2.07. The molecule has 0 unspecified atom stereocenters. The fourth-order valence-corrected chi connectivity index (χ4v) is 5.28. The average Bonchev–Trinajstić information content (AvgIpc) is 2.61. The molecule has 168 valence electrons. The zero-order chi connectivity index (χ0) is 20.9. The van der Waals surface area contributed by atoms with Gasteiger partial charge in [-0.2, -0.15) is 0 Å². The van der Waals surface area contributed by atoms with Crippen LogP contribution in [0.25, 0.3) is 0 Å². The van der Waals surface area contributed by atoms with Crippen LogP contribution >= 0.6 is 33.2 Å². The summed E-state index contributed by atoms with van der Waals surface area (Å²) in [5.41, 5.74) is 1.12. The van der Waals surface area contributed by atoms with Gasteiger partial charge in [-0.25, -0.2) is 0 Å². The molecular weight excluding hydrogens is 427 g/mol. The maximum atomic E-state index is 5.89. The summed E-state index contributed by atoms with van der Waals surface area (Å²) < 4.78 is 5.52. The minimum absolute atomic E-state index is 0.723. The first-order valence-electron chi connectivity index (χ1n) is 11.7. The largest absolute Gasteiger partial charge is 0.377 e. The van der Waals surface area contributed by atoms with E-state index in [0.29, 0.717) is 0 Å². The first-order valence-corrected chi connectivity index (χ1v) is 16.9. The Kier molecular flexibility index (Phi) is 21.6. The molecule has 0 aromatic heterocycles. The fraction of sp³-hybridized carbons (Fsp3) is 0.913. The summed E-state index contributed by atoms with van der Waals surface area (Å²) in [5, 5.41) is 0. The van der Waals surface area contributed by atoms with E-state index in [4.69, 9.17) is 38.0 Å². The maximum absolute atomic E-state index is 5.89. The van der Waals surface area contributed by atoms with Gasteiger partial charge >= 0.3 is 6.00 Å². The van der Waals surface area contributed by atoms with E-state index in [1.54, 1.807) is 0 Å². The predicted molar refractivity (Wildman–Crippen MR) is 132 cm³/mol. The quantitative estimate of drug-likeness (QED) is 0.0660. The molecule has 0 atom stereocenters. The van der Waals surface area contributed by atoms with Gasteiger partial charge in [-0.15, -0.1) is 33.2 Å². The predicted octanol–water partition coefficient (Wildman–Crippen LogP) is 9.87. The van der Waals surface area contributed by atoms with Gasteiger partial charge in [0, 0.05) is 6.61 Å². The standard InChI is InChI=1S/C23H45Cl3OSi/c1-23(2)22-27-20-18-16-14-12-10-8-6-4-3-5-7-9-11-13-15-17-19-21-28(24,25)26/h1,3-22H2,2H3. The molecule has 0 saturated heterocycles. The van der Waals surface area contributed by atoms with E-state index >= 15 is 0 Å². The van der Waals surface area contributed by atoms with Crippen LogP contribution < -0.4 is 0 Å². The second-order valence-electron chi connectivity index (χ2n) is 8.39. The van der Waals surface area contributed by atoms with Crippen molar-refractivity contribution in [3.05, 3.63) is 12.2 Å². The molecule has 0 aromatic rings. The summed E-state index contributed by atoms with van der Waals surface area (Å²) in [5.74, 6) is 0. The lowest BCUT2D eigenvalue weighted by Gasteiger charge is -2.07. The van der Waals surface area contributed by atoms with E-state index in [1.165, 1.54) is 103 Å². The molecule has 0 aliphatic rings. The molecule has 1 nitrogen and oxygen atoms in total. The molecule has 0 aromatic carbocycles. The normalized spacial score (nSPS) is 11.9. The molecule has 0 amide bonds. The number of ether oxygens (including phenoxy) is 1. The van der Waals surface area contributed by atoms with Crippen molar-refractivity contribution in [2.24, 2.45) is 0 Å². The topological polar surface area (TPSA) is 9.23 Å². The van der Waals surface area contributed by atoms with Gasteiger partial charge in [-0.05, 0) is 19.4 Å². The van der Waals surface area contributed by atoms with Gasteiger partial charge in [0.1, 0.15) is 0 Å². The molecule has 0 aliphatic heterocycles. The van der Waals surface area contributed by atoms with Crippen LogP contribution in [0.5, 0.6) is 0 Å². The lowest BCUT2D eigenvalue weighted by molar-refractivity contribution is 0.151. The van der Waals surface area contributed by atoms with Gasteiger partial charge in [-0.3, -0.25) is 0 Å². The molecule has 0 N–H and O–H groups in total.